The largest absolute Gasteiger partial charge is 0.480 e. The Balaban J connectivity index is 1.79. The number of thioether (sulfide) groups is 1. The van der Waals surface area contributed by atoms with Crippen molar-refractivity contribution >= 4 is 34.2 Å². The number of carbonyl (C=O) groups is 1. The van der Waals surface area contributed by atoms with Gasteiger partial charge in [0, 0.05) is 22.6 Å². The second-order valence-corrected chi connectivity index (χ2v) is 9.63. The molecule has 2 rings (SSSR count). The molecule has 4 heteroatoms. The van der Waals surface area contributed by atoms with E-state index in [9.17, 15) is 9.90 Å². The summed E-state index contributed by atoms with van der Waals surface area (Å²) in [5.74, 6) is 0.529. The quantitative estimate of drug-likeness (QED) is 0.240. The number of nitrogens with one attached hydrogen (secondary N) is 1. The molecular formula is C28H37NO2S. The SMILES string of the molecule is CC(C)=CCCC(C)=CCCC(C)=CCSC[C@H](Nc1cccc2ccccc12)C(=O)O. The first-order valence-electron chi connectivity index (χ1n) is 11.4. The van der Waals surface area contributed by atoms with E-state index in [1.807, 2.05) is 42.5 Å². The number of anilines is 1. The number of allylic oxidation sites excluding steroid dienone is 5. The van der Waals surface area contributed by atoms with Gasteiger partial charge in [-0.05, 0) is 64.8 Å². The van der Waals surface area contributed by atoms with E-state index < -0.39 is 12.0 Å². The maximum Gasteiger partial charge on any atom is 0.326 e. The first-order chi connectivity index (χ1) is 15.4. The van der Waals surface area contributed by atoms with E-state index in [0.717, 1.165) is 47.9 Å². The minimum absolute atomic E-state index is 0.520. The molecule has 2 aromatic rings. The molecule has 0 aromatic heterocycles. The van der Waals surface area contributed by atoms with Gasteiger partial charge in [0.25, 0.3) is 0 Å². The molecule has 2 aromatic carbocycles. The zero-order valence-corrected chi connectivity index (χ0v) is 20.7. The zero-order chi connectivity index (χ0) is 23.3. The topological polar surface area (TPSA) is 49.3 Å². The van der Waals surface area contributed by atoms with Gasteiger partial charge in [0.05, 0.1) is 0 Å². The average molecular weight is 452 g/mol. The maximum absolute atomic E-state index is 11.8. The van der Waals surface area contributed by atoms with Gasteiger partial charge in [-0.3, -0.25) is 0 Å². The van der Waals surface area contributed by atoms with Gasteiger partial charge >= 0.3 is 5.97 Å². The van der Waals surface area contributed by atoms with Crippen LogP contribution < -0.4 is 5.32 Å². The molecule has 0 aliphatic rings. The number of carboxylic acid groups (broad SMARTS) is 1. The van der Waals surface area contributed by atoms with Crippen LogP contribution >= 0.6 is 11.8 Å². The monoisotopic (exact) mass is 451 g/mol. The van der Waals surface area contributed by atoms with Crippen molar-refractivity contribution in [3.8, 4) is 0 Å². The van der Waals surface area contributed by atoms with Crippen LogP contribution in [0.4, 0.5) is 5.69 Å². The summed E-state index contributed by atoms with van der Waals surface area (Å²) in [6, 6.07) is 13.4. The fraction of sp³-hybridized carbons (Fsp3) is 0.393. The first-order valence-corrected chi connectivity index (χ1v) is 12.5. The average Bonchev–Trinajstić information content (AvgIpc) is 2.75. The van der Waals surface area contributed by atoms with Crippen molar-refractivity contribution in [1.82, 2.24) is 0 Å². The number of hydrogen-bond donors (Lipinski definition) is 2. The van der Waals surface area contributed by atoms with Crippen LogP contribution in [0.1, 0.15) is 53.4 Å². The summed E-state index contributed by atoms with van der Waals surface area (Å²) in [6.45, 7) is 8.66. The van der Waals surface area contributed by atoms with Crippen molar-refractivity contribution in [3.63, 3.8) is 0 Å². The molecule has 0 fully saturated rings. The predicted molar refractivity (Wildman–Crippen MR) is 142 cm³/mol. The first kappa shape index (κ1) is 25.8. The minimum atomic E-state index is -0.820. The Kier molecular flexibility index (Phi) is 11.2. The van der Waals surface area contributed by atoms with Crippen LogP contribution in [-0.2, 0) is 4.79 Å². The molecule has 0 amide bonds. The molecular weight excluding hydrogens is 414 g/mol. The molecule has 0 aliphatic heterocycles. The second-order valence-electron chi connectivity index (χ2n) is 8.56. The lowest BCUT2D eigenvalue weighted by atomic mass is 10.1. The van der Waals surface area contributed by atoms with Crippen molar-refractivity contribution in [2.24, 2.45) is 0 Å². The van der Waals surface area contributed by atoms with Crippen LogP contribution in [0.3, 0.4) is 0 Å². The van der Waals surface area contributed by atoms with Gasteiger partial charge in [0.15, 0.2) is 0 Å². The predicted octanol–water partition coefficient (Wildman–Crippen LogP) is 7.86. The lowest BCUT2D eigenvalue weighted by molar-refractivity contribution is -0.137. The maximum atomic E-state index is 11.8. The van der Waals surface area contributed by atoms with Gasteiger partial charge in [0.1, 0.15) is 6.04 Å². The molecule has 0 spiro atoms. The molecule has 2 N–H and O–H groups in total. The summed E-state index contributed by atoms with van der Waals surface area (Å²) >= 11 is 1.65. The summed E-state index contributed by atoms with van der Waals surface area (Å²) in [5.41, 5.74) is 5.06. The molecule has 1 atom stereocenters. The summed E-state index contributed by atoms with van der Waals surface area (Å²) in [4.78, 5) is 11.8. The van der Waals surface area contributed by atoms with Gasteiger partial charge < -0.3 is 10.4 Å². The van der Waals surface area contributed by atoms with Crippen molar-refractivity contribution in [3.05, 3.63) is 77.4 Å². The molecule has 0 radical (unpaired) electrons. The normalized spacial score (nSPS) is 13.1. The number of fused-ring (bicyclic) bond motifs is 1. The van der Waals surface area contributed by atoms with Crippen molar-refractivity contribution < 1.29 is 9.90 Å². The molecule has 0 aliphatic carbocycles. The molecule has 32 heavy (non-hydrogen) atoms. The summed E-state index contributed by atoms with van der Waals surface area (Å²) < 4.78 is 0. The lowest BCUT2D eigenvalue weighted by Gasteiger charge is -2.17. The van der Waals surface area contributed by atoms with E-state index in [-0.39, 0.29) is 0 Å². The van der Waals surface area contributed by atoms with Crippen molar-refractivity contribution in [1.29, 1.82) is 0 Å². The van der Waals surface area contributed by atoms with E-state index in [2.05, 4.69) is 51.2 Å². The molecule has 3 nitrogen and oxygen atoms in total. The minimum Gasteiger partial charge on any atom is -0.480 e. The van der Waals surface area contributed by atoms with Crippen molar-refractivity contribution in [2.75, 3.05) is 16.8 Å². The Bertz CT molecular complexity index is 965. The second kappa shape index (κ2) is 13.8. The Morgan fingerprint density at radius 1 is 0.938 bits per heavy atom. The third-order valence-corrected chi connectivity index (χ3v) is 6.35. The smallest absolute Gasteiger partial charge is 0.326 e. The van der Waals surface area contributed by atoms with E-state index >= 15 is 0 Å². The number of rotatable bonds is 13. The number of carboxylic acids is 1. The number of hydrogen-bond acceptors (Lipinski definition) is 3. The van der Waals surface area contributed by atoms with Gasteiger partial charge in [-0.2, -0.15) is 11.8 Å². The fourth-order valence-corrected chi connectivity index (χ4v) is 4.44. The third kappa shape index (κ3) is 9.35. The molecule has 0 saturated heterocycles. The standard InChI is InChI=1S/C28H37NO2S/c1-21(2)10-7-11-22(3)12-8-13-23(4)18-19-32-20-27(28(30)31)29-26-17-9-15-24-14-5-6-16-25(24)26/h5-6,9-10,12,14-18,27,29H,7-8,11,13,19-20H2,1-4H3,(H,30,31)/t27-/m0/s1. The van der Waals surface area contributed by atoms with Crippen LogP contribution in [0, 0.1) is 0 Å². The van der Waals surface area contributed by atoms with Crippen molar-refractivity contribution in [2.45, 2.75) is 59.4 Å². The Labute approximate surface area is 197 Å². The van der Waals surface area contributed by atoms with E-state index in [4.69, 9.17) is 0 Å². The van der Waals surface area contributed by atoms with Gasteiger partial charge in [0.2, 0.25) is 0 Å². The summed E-state index contributed by atoms with van der Waals surface area (Å²) in [6.07, 6.45) is 11.2. The Morgan fingerprint density at radius 2 is 1.59 bits per heavy atom. The number of benzene rings is 2. The van der Waals surface area contributed by atoms with E-state index in [0.29, 0.717) is 5.75 Å². The van der Waals surface area contributed by atoms with Crippen LogP contribution in [0.2, 0.25) is 0 Å². The number of aliphatic carboxylic acids is 1. The third-order valence-electron chi connectivity index (χ3n) is 5.37. The highest BCUT2D eigenvalue weighted by atomic mass is 32.2. The van der Waals surface area contributed by atoms with Crippen LogP contribution in [0.15, 0.2) is 77.4 Å². The highest BCUT2D eigenvalue weighted by Gasteiger charge is 2.17. The van der Waals surface area contributed by atoms with Crippen LogP contribution in [-0.4, -0.2) is 28.6 Å². The molecule has 0 bridgehead atoms. The Morgan fingerprint density at radius 3 is 2.31 bits per heavy atom. The van der Waals surface area contributed by atoms with Gasteiger partial charge in [-0.25, -0.2) is 4.79 Å². The fourth-order valence-electron chi connectivity index (χ4n) is 3.44. The van der Waals surface area contributed by atoms with E-state index in [1.165, 1.54) is 16.7 Å². The zero-order valence-electron chi connectivity index (χ0n) is 19.9. The summed E-state index contributed by atoms with van der Waals surface area (Å²) in [5, 5.41) is 15.1. The highest BCUT2D eigenvalue weighted by Crippen LogP contribution is 2.24. The highest BCUT2D eigenvalue weighted by molar-refractivity contribution is 7.99. The van der Waals surface area contributed by atoms with Gasteiger partial charge in [-0.1, -0.05) is 71.3 Å². The van der Waals surface area contributed by atoms with Crippen LogP contribution in [0.5, 0.6) is 0 Å². The molecule has 0 saturated carbocycles. The van der Waals surface area contributed by atoms with E-state index in [1.54, 1.807) is 11.8 Å². The van der Waals surface area contributed by atoms with Crippen LogP contribution in [0.25, 0.3) is 10.8 Å². The molecule has 172 valence electrons. The van der Waals surface area contributed by atoms with Gasteiger partial charge in [-0.15, -0.1) is 0 Å². The molecule has 0 unspecified atom stereocenters. The molecule has 0 heterocycles. The Hall–Kier alpha value is -2.46. The lowest BCUT2D eigenvalue weighted by Crippen LogP contribution is -2.31. The summed E-state index contributed by atoms with van der Waals surface area (Å²) in [7, 11) is 0.